The van der Waals surface area contributed by atoms with E-state index in [1.165, 1.54) is 10.6 Å². The van der Waals surface area contributed by atoms with E-state index in [9.17, 15) is 13.2 Å². The van der Waals surface area contributed by atoms with E-state index in [0.29, 0.717) is 44.5 Å². The Morgan fingerprint density at radius 3 is 2.48 bits per heavy atom. The van der Waals surface area contributed by atoms with Gasteiger partial charge in [0.2, 0.25) is 15.9 Å². The summed E-state index contributed by atoms with van der Waals surface area (Å²) in [7, 11) is -3.12. The number of carbonyl (C=O) groups excluding carboxylic acids is 1. The van der Waals surface area contributed by atoms with Crippen LogP contribution >= 0.6 is 12.4 Å². The van der Waals surface area contributed by atoms with Crippen molar-refractivity contribution < 1.29 is 13.2 Å². The minimum Gasteiger partial charge on any atom is -0.399 e. The molecule has 1 amide bonds. The molecule has 1 aliphatic rings. The van der Waals surface area contributed by atoms with Crippen molar-refractivity contribution >= 4 is 34.0 Å². The number of nitrogen functional groups attached to an aromatic ring is 1. The average Bonchev–Trinajstić information content (AvgIpc) is 2.46. The van der Waals surface area contributed by atoms with Gasteiger partial charge in [0.15, 0.2) is 0 Å². The van der Waals surface area contributed by atoms with Crippen LogP contribution in [-0.2, 0) is 21.2 Å². The number of nitrogens with two attached hydrogens (primary N) is 1. The zero-order chi connectivity index (χ0) is 16.2. The third-order valence-electron chi connectivity index (χ3n) is 3.96. The van der Waals surface area contributed by atoms with E-state index in [-0.39, 0.29) is 24.4 Å². The van der Waals surface area contributed by atoms with Gasteiger partial charge < -0.3 is 11.1 Å². The molecule has 1 aromatic carbocycles. The van der Waals surface area contributed by atoms with E-state index in [2.05, 4.69) is 5.32 Å². The fourth-order valence-electron chi connectivity index (χ4n) is 2.64. The quantitative estimate of drug-likeness (QED) is 0.770. The van der Waals surface area contributed by atoms with Crippen LogP contribution in [0.4, 0.5) is 5.69 Å². The van der Waals surface area contributed by atoms with E-state index in [1.807, 2.05) is 24.3 Å². The van der Waals surface area contributed by atoms with E-state index < -0.39 is 10.0 Å². The molecule has 1 aliphatic heterocycles. The van der Waals surface area contributed by atoms with E-state index in [1.54, 1.807) is 0 Å². The summed E-state index contributed by atoms with van der Waals surface area (Å²) in [5.41, 5.74) is 7.53. The maximum atomic E-state index is 12.0. The molecule has 1 heterocycles. The summed E-state index contributed by atoms with van der Waals surface area (Å²) in [4.78, 5) is 12.0. The van der Waals surface area contributed by atoms with Crippen LogP contribution in [0.25, 0.3) is 0 Å². The van der Waals surface area contributed by atoms with Crippen LogP contribution in [0.15, 0.2) is 24.3 Å². The zero-order valence-electron chi connectivity index (χ0n) is 13.2. The minimum absolute atomic E-state index is 0. The lowest BCUT2D eigenvalue weighted by atomic mass is 10.0. The van der Waals surface area contributed by atoms with Crippen LogP contribution < -0.4 is 11.1 Å². The van der Waals surface area contributed by atoms with Crippen LogP contribution in [0.1, 0.15) is 24.8 Å². The topological polar surface area (TPSA) is 92.5 Å². The van der Waals surface area contributed by atoms with Crippen LogP contribution in [0.3, 0.4) is 0 Å². The Morgan fingerprint density at radius 2 is 1.91 bits per heavy atom. The molecule has 0 aromatic heterocycles. The molecule has 0 radical (unpaired) electrons. The summed E-state index contributed by atoms with van der Waals surface area (Å²) in [5, 5.41) is 2.98. The smallest absolute Gasteiger partial charge is 0.220 e. The first-order valence-corrected chi connectivity index (χ1v) is 9.29. The molecule has 1 saturated heterocycles. The molecule has 0 unspecified atom stereocenters. The Bertz CT molecular complexity index is 629. The van der Waals surface area contributed by atoms with Gasteiger partial charge in [-0.05, 0) is 30.9 Å². The first kappa shape index (κ1) is 19.7. The third kappa shape index (κ3) is 6.01. The number of nitrogens with zero attached hydrogens (tertiary/aromatic N) is 1. The molecule has 2 rings (SSSR count). The molecule has 0 aliphatic carbocycles. The number of amides is 1. The van der Waals surface area contributed by atoms with Gasteiger partial charge in [-0.2, -0.15) is 0 Å². The van der Waals surface area contributed by atoms with Crippen LogP contribution in [0, 0.1) is 0 Å². The number of anilines is 1. The van der Waals surface area contributed by atoms with Crippen molar-refractivity contribution in [1.82, 2.24) is 9.62 Å². The van der Waals surface area contributed by atoms with Crippen molar-refractivity contribution in [3.63, 3.8) is 0 Å². The van der Waals surface area contributed by atoms with Gasteiger partial charge in [0, 0.05) is 31.2 Å². The number of rotatable bonds is 5. The summed E-state index contributed by atoms with van der Waals surface area (Å²) < 4.78 is 24.3. The molecule has 8 heteroatoms. The molecule has 0 bridgehead atoms. The van der Waals surface area contributed by atoms with Crippen molar-refractivity contribution in [2.24, 2.45) is 0 Å². The molecular weight excluding hydrogens is 338 g/mol. The molecule has 1 aromatic rings. The maximum Gasteiger partial charge on any atom is 0.220 e. The highest BCUT2D eigenvalue weighted by Gasteiger charge is 2.25. The summed E-state index contributed by atoms with van der Waals surface area (Å²) in [5.74, 6) is -0.0129. The highest BCUT2D eigenvalue weighted by molar-refractivity contribution is 7.88. The average molecular weight is 362 g/mol. The van der Waals surface area contributed by atoms with Gasteiger partial charge in [0.05, 0.1) is 6.26 Å². The number of benzene rings is 1. The normalized spacial score (nSPS) is 16.6. The monoisotopic (exact) mass is 361 g/mol. The molecule has 3 N–H and O–H groups in total. The minimum atomic E-state index is -3.12. The highest BCUT2D eigenvalue weighted by atomic mass is 35.5. The Balaban J connectivity index is 0.00000264. The lowest BCUT2D eigenvalue weighted by Crippen LogP contribution is -2.46. The fraction of sp³-hybridized carbons (Fsp3) is 0.533. The summed E-state index contributed by atoms with van der Waals surface area (Å²) >= 11 is 0. The molecule has 1 fully saturated rings. The second-order valence-electron chi connectivity index (χ2n) is 5.70. The molecule has 0 saturated carbocycles. The van der Waals surface area contributed by atoms with E-state index in [0.717, 1.165) is 5.56 Å². The molecule has 0 spiro atoms. The van der Waals surface area contributed by atoms with Crippen LogP contribution in [0.2, 0.25) is 0 Å². The highest BCUT2D eigenvalue weighted by Crippen LogP contribution is 2.15. The standard InChI is InChI=1S/C15H23N3O3S.ClH/c1-22(20,21)18-10-8-13(9-11-18)17-15(19)7-6-12-4-2-3-5-14(12)16;/h2-5,13H,6-11,16H2,1H3,(H,17,19);1H. The maximum absolute atomic E-state index is 12.0. The van der Waals surface area contributed by atoms with Gasteiger partial charge in [-0.1, -0.05) is 18.2 Å². The number of para-hydroxylation sites is 1. The Labute approximate surface area is 143 Å². The first-order chi connectivity index (χ1) is 10.4. The fourth-order valence-corrected chi connectivity index (χ4v) is 3.52. The Kier molecular flexibility index (Phi) is 7.31. The number of halogens is 1. The second-order valence-corrected chi connectivity index (χ2v) is 7.69. The predicted octanol–water partition coefficient (Wildman–Crippen LogP) is 1.16. The number of hydrogen-bond acceptors (Lipinski definition) is 4. The van der Waals surface area contributed by atoms with Gasteiger partial charge in [-0.15, -0.1) is 12.4 Å². The predicted molar refractivity (Wildman–Crippen MR) is 94.0 cm³/mol. The van der Waals surface area contributed by atoms with E-state index >= 15 is 0 Å². The summed E-state index contributed by atoms with van der Waals surface area (Å²) in [6.07, 6.45) is 3.54. The number of piperidine rings is 1. The van der Waals surface area contributed by atoms with Gasteiger partial charge in [0.25, 0.3) is 0 Å². The second kappa shape index (κ2) is 8.52. The van der Waals surface area contributed by atoms with Gasteiger partial charge in [-0.25, -0.2) is 12.7 Å². The summed E-state index contributed by atoms with van der Waals surface area (Å²) in [6, 6.07) is 7.58. The molecule has 130 valence electrons. The molecular formula is C15H24ClN3O3S. The Morgan fingerprint density at radius 1 is 1.30 bits per heavy atom. The number of hydrogen-bond donors (Lipinski definition) is 2. The van der Waals surface area contributed by atoms with Crippen molar-refractivity contribution in [2.75, 3.05) is 25.1 Å². The SMILES string of the molecule is CS(=O)(=O)N1CCC(NC(=O)CCc2ccccc2N)CC1.Cl. The number of aryl methyl sites for hydroxylation is 1. The largest absolute Gasteiger partial charge is 0.399 e. The van der Waals surface area contributed by atoms with Crippen LogP contribution in [0.5, 0.6) is 0 Å². The first-order valence-electron chi connectivity index (χ1n) is 7.44. The van der Waals surface area contributed by atoms with Crippen molar-refractivity contribution in [3.05, 3.63) is 29.8 Å². The number of sulfonamides is 1. The number of carbonyl (C=O) groups is 1. The molecule has 23 heavy (non-hydrogen) atoms. The molecule has 0 atom stereocenters. The number of nitrogens with one attached hydrogen (secondary N) is 1. The van der Waals surface area contributed by atoms with Crippen molar-refractivity contribution in [2.45, 2.75) is 31.7 Å². The van der Waals surface area contributed by atoms with Crippen molar-refractivity contribution in [1.29, 1.82) is 0 Å². The molecule has 6 nitrogen and oxygen atoms in total. The van der Waals surface area contributed by atoms with Crippen molar-refractivity contribution in [3.8, 4) is 0 Å². The van der Waals surface area contributed by atoms with Gasteiger partial charge in [-0.3, -0.25) is 4.79 Å². The lowest BCUT2D eigenvalue weighted by molar-refractivity contribution is -0.122. The lowest BCUT2D eigenvalue weighted by Gasteiger charge is -2.30. The van der Waals surface area contributed by atoms with E-state index in [4.69, 9.17) is 5.73 Å². The summed E-state index contributed by atoms with van der Waals surface area (Å²) in [6.45, 7) is 0.935. The van der Waals surface area contributed by atoms with Crippen LogP contribution in [-0.4, -0.2) is 44.0 Å². The van der Waals surface area contributed by atoms with Gasteiger partial charge in [0.1, 0.15) is 0 Å². The van der Waals surface area contributed by atoms with Gasteiger partial charge >= 0.3 is 0 Å². The third-order valence-corrected chi connectivity index (χ3v) is 5.27. The Hall–Kier alpha value is -1.31. The zero-order valence-corrected chi connectivity index (χ0v) is 14.8.